The second-order valence-electron chi connectivity index (χ2n) is 10.5. The van der Waals surface area contributed by atoms with Gasteiger partial charge in [-0.3, -0.25) is 0 Å². The molecule has 1 heteroatoms. The smallest absolute Gasteiger partial charge is 0.0591 e. The van der Waals surface area contributed by atoms with Gasteiger partial charge in [0, 0.05) is 0 Å². The first-order valence-electron chi connectivity index (χ1n) is 12.6. The van der Waals surface area contributed by atoms with Crippen LogP contribution in [0.2, 0.25) is 0 Å². The summed E-state index contributed by atoms with van der Waals surface area (Å²) in [6, 6.07) is 0. The molecule has 0 bridgehead atoms. The van der Waals surface area contributed by atoms with Gasteiger partial charge in [0.05, 0.1) is 5.60 Å². The molecular weight excluding hydrogens is 352 g/mol. The summed E-state index contributed by atoms with van der Waals surface area (Å²) in [4.78, 5) is 0. The minimum atomic E-state index is -0.501. The standard InChI is InChI=1S/C26H42O.C2H6/c1-20-10-5-6-11-21(20)14-15-22-12-9-19-26(4)23(16-17-24(22)26)13-7-8-18-25(2,3)27;1-2/h14-15,23-24,27H,1,5-13,16-19H2,2-4H3;1-2H3/b21-14-,22-15+;. The largest absolute Gasteiger partial charge is 0.390 e. The van der Waals surface area contributed by atoms with Crippen molar-refractivity contribution in [3.8, 4) is 0 Å². The van der Waals surface area contributed by atoms with Crippen molar-refractivity contribution in [2.24, 2.45) is 17.3 Å². The zero-order valence-electron chi connectivity index (χ0n) is 20.2. The second-order valence-corrected chi connectivity index (χ2v) is 10.5. The lowest BCUT2D eigenvalue weighted by Crippen LogP contribution is -2.33. The van der Waals surface area contributed by atoms with Crippen molar-refractivity contribution in [3.05, 3.63) is 35.5 Å². The number of hydrogen-bond acceptors (Lipinski definition) is 1. The maximum absolute atomic E-state index is 9.95. The minimum absolute atomic E-state index is 0.501. The molecule has 3 aliphatic carbocycles. The lowest BCUT2D eigenvalue weighted by Gasteiger charge is -2.42. The molecule has 0 aromatic rings. The van der Waals surface area contributed by atoms with E-state index in [2.05, 4.69) is 25.7 Å². The summed E-state index contributed by atoms with van der Waals surface area (Å²) in [5.41, 5.74) is 4.64. The Hall–Kier alpha value is -0.820. The highest BCUT2D eigenvalue weighted by Gasteiger charge is 2.48. The van der Waals surface area contributed by atoms with E-state index < -0.39 is 5.60 Å². The normalized spacial score (nSPS) is 32.8. The fourth-order valence-electron chi connectivity index (χ4n) is 6.17. The monoisotopic (exact) mass is 400 g/mol. The number of allylic oxidation sites excluding steroid dienone is 5. The molecule has 0 aromatic heterocycles. The minimum Gasteiger partial charge on any atom is -0.390 e. The van der Waals surface area contributed by atoms with Crippen LogP contribution in [0.1, 0.15) is 118 Å². The Morgan fingerprint density at radius 1 is 1.03 bits per heavy atom. The molecule has 1 N–H and O–H groups in total. The summed E-state index contributed by atoms with van der Waals surface area (Å²) in [6.07, 6.45) is 21.6. The SMILES string of the molecule is C=C1CCCC/C1=C/C=C1\CCCC2(C)C(CCCCC(C)(C)O)CCC12.CC. The van der Waals surface area contributed by atoms with Gasteiger partial charge in [-0.15, -0.1) is 0 Å². The topological polar surface area (TPSA) is 20.2 Å². The van der Waals surface area contributed by atoms with Crippen molar-refractivity contribution >= 4 is 0 Å². The summed E-state index contributed by atoms with van der Waals surface area (Å²) in [5, 5.41) is 9.95. The molecule has 3 aliphatic rings. The predicted octanol–water partition coefficient (Wildman–Crippen LogP) is 8.54. The molecule has 3 atom stereocenters. The third-order valence-electron chi connectivity index (χ3n) is 7.88. The summed E-state index contributed by atoms with van der Waals surface area (Å²) in [5.74, 6) is 1.68. The van der Waals surface area contributed by atoms with Crippen LogP contribution in [-0.4, -0.2) is 10.7 Å². The molecule has 3 rings (SSSR count). The van der Waals surface area contributed by atoms with Crippen LogP contribution in [0.4, 0.5) is 0 Å². The van der Waals surface area contributed by atoms with Crippen LogP contribution in [0.15, 0.2) is 35.5 Å². The molecule has 29 heavy (non-hydrogen) atoms. The average molecular weight is 401 g/mol. The van der Waals surface area contributed by atoms with Gasteiger partial charge in [-0.2, -0.15) is 0 Å². The maximum atomic E-state index is 9.95. The Balaban J connectivity index is 0.00000145. The Kier molecular flexibility index (Phi) is 9.26. The zero-order valence-corrected chi connectivity index (χ0v) is 20.2. The van der Waals surface area contributed by atoms with Gasteiger partial charge in [0.1, 0.15) is 0 Å². The van der Waals surface area contributed by atoms with Crippen LogP contribution in [0.5, 0.6) is 0 Å². The van der Waals surface area contributed by atoms with Crippen LogP contribution in [-0.2, 0) is 0 Å². The van der Waals surface area contributed by atoms with Crippen LogP contribution in [0, 0.1) is 17.3 Å². The summed E-state index contributed by atoms with van der Waals surface area (Å²) in [7, 11) is 0. The number of rotatable bonds is 6. The van der Waals surface area contributed by atoms with E-state index in [1.807, 2.05) is 27.7 Å². The lowest BCUT2D eigenvalue weighted by molar-refractivity contribution is 0.0660. The fraction of sp³-hybridized carbons (Fsp3) is 0.786. The van der Waals surface area contributed by atoms with Gasteiger partial charge in [0.25, 0.3) is 0 Å². The van der Waals surface area contributed by atoms with Crippen molar-refractivity contribution in [1.82, 2.24) is 0 Å². The van der Waals surface area contributed by atoms with Gasteiger partial charge in [-0.05, 0) is 107 Å². The van der Waals surface area contributed by atoms with E-state index in [1.165, 1.54) is 81.8 Å². The number of aliphatic hydroxyl groups is 1. The number of unbranched alkanes of at least 4 members (excludes halogenated alkanes) is 1. The highest BCUT2D eigenvalue weighted by Crippen LogP contribution is 2.58. The molecule has 3 saturated carbocycles. The van der Waals surface area contributed by atoms with E-state index in [9.17, 15) is 5.11 Å². The van der Waals surface area contributed by atoms with Gasteiger partial charge in [0.2, 0.25) is 0 Å². The van der Waals surface area contributed by atoms with Crippen molar-refractivity contribution < 1.29 is 5.11 Å². The molecule has 1 nitrogen and oxygen atoms in total. The quantitative estimate of drug-likeness (QED) is 0.443. The molecule has 0 radical (unpaired) electrons. The first kappa shape index (κ1) is 24.4. The molecule has 0 amide bonds. The van der Waals surface area contributed by atoms with Crippen molar-refractivity contribution in [2.75, 3.05) is 0 Å². The van der Waals surface area contributed by atoms with Crippen LogP contribution in [0.25, 0.3) is 0 Å². The highest BCUT2D eigenvalue weighted by atomic mass is 16.3. The van der Waals surface area contributed by atoms with Gasteiger partial charge in [-0.1, -0.05) is 63.5 Å². The van der Waals surface area contributed by atoms with Crippen molar-refractivity contribution in [3.63, 3.8) is 0 Å². The Bertz CT molecular complexity index is 588. The number of fused-ring (bicyclic) bond motifs is 1. The predicted molar refractivity (Wildman–Crippen MR) is 128 cm³/mol. The van der Waals surface area contributed by atoms with E-state index in [4.69, 9.17) is 0 Å². The van der Waals surface area contributed by atoms with Gasteiger partial charge in [0.15, 0.2) is 0 Å². The van der Waals surface area contributed by atoms with E-state index >= 15 is 0 Å². The zero-order chi connectivity index (χ0) is 21.5. The molecule has 0 aliphatic heterocycles. The first-order chi connectivity index (χ1) is 13.8. The average Bonchev–Trinajstić information content (AvgIpc) is 3.02. The van der Waals surface area contributed by atoms with E-state index in [0.29, 0.717) is 5.41 Å². The van der Waals surface area contributed by atoms with Crippen molar-refractivity contribution in [1.29, 1.82) is 0 Å². The fourth-order valence-corrected chi connectivity index (χ4v) is 6.17. The molecule has 3 fully saturated rings. The van der Waals surface area contributed by atoms with Crippen LogP contribution in [0.3, 0.4) is 0 Å². The molecule has 3 unspecified atom stereocenters. The van der Waals surface area contributed by atoms with E-state index in [0.717, 1.165) is 24.7 Å². The van der Waals surface area contributed by atoms with Gasteiger partial charge < -0.3 is 5.11 Å². The molecule has 166 valence electrons. The third-order valence-corrected chi connectivity index (χ3v) is 7.88. The molecular formula is C28H48O. The molecule has 0 saturated heterocycles. The second kappa shape index (κ2) is 11.0. The number of hydrogen-bond donors (Lipinski definition) is 1. The lowest BCUT2D eigenvalue weighted by atomic mass is 9.62. The van der Waals surface area contributed by atoms with Crippen molar-refractivity contribution in [2.45, 2.75) is 124 Å². The van der Waals surface area contributed by atoms with Crippen LogP contribution < -0.4 is 0 Å². The van der Waals surface area contributed by atoms with Crippen LogP contribution >= 0.6 is 0 Å². The van der Waals surface area contributed by atoms with Gasteiger partial charge in [-0.25, -0.2) is 0 Å². The molecule has 0 aromatic carbocycles. The summed E-state index contributed by atoms with van der Waals surface area (Å²) >= 11 is 0. The van der Waals surface area contributed by atoms with Gasteiger partial charge >= 0.3 is 0 Å². The van der Waals surface area contributed by atoms with E-state index in [-0.39, 0.29) is 0 Å². The Morgan fingerprint density at radius 3 is 2.45 bits per heavy atom. The third kappa shape index (κ3) is 6.58. The molecule has 0 heterocycles. The highest BCUT2D eigenvalue weighted by molar-refractivity contribution is 5.35. The summed E-state index contributed by atoms with van der Waals surface area (Å²) < 4.78 is 0. The Labute approximate surface area is 181 Å². The van der Waals surface area contributed by atoms with E-state index in [1.54, 1.807) is 5.57 Å². The maximum Gasteiger partial charge on any atom is 0.0591 e. The Morgan fingerprint density at radius 2 is 1.76 bits per heavy atom. The molecule has 0 spiro atoms. The summed E-state index contributed by atoms with van der Waals surface area (Å²) in [6.45, 7) is 14.8. The first-order valence-corrected chi connectivity index (χ1v) is 12.6.